The van der Waals surface area contributed by atoms with Crippen molar-refractivity contribution in [1.82, 2.24) is 4.98 Å². The lowest BCUT2D eigenvalue weighted by Crippen LogP contribution is -2.37. The van der Waals surface area contributed by atoms with E-state index in [9.17, 15) is 4.79 Å². The van der Waals surface area contributed by atoms with E-state index in [1.165, 1.54) is 7.11 Å². The van der Waals surface area contributed by atoms with Crippen LogP contribution in [-0.4, -0.2) is 31.2 Å². The first-order valence-electron chi connectivity index (χ1n) is 6.54. The Kier molecular flexibility index (Phi) is 4.80. The molecule has 0 amide bonds. The number of ether oxygens (including phenoxy) is 1. The fraction of sp³-hybridized carbons (Fsp3) is 0.571. The number of hydrogen-bond donors (Lipinski definition) is 0. The van der Waals surface area contributed by atoms with Crippen molar-refractivity contribution in [2.75, 3.05) is 19.1 Å². The summed E-state index contributed by atoms with van der Waals surface area (Å²) in [7, 11) is 3.53. The van der Waals surface area contributed by atoms with Crippen molar-refractivity contribution in [3.05, 3.63) is 22.8 Å². The molecule has 2 rings (SSSR count). The predicted octanol–water partition coefficient (Wildman–Crippen LogP) is 3.01. The molecule has 1 aromatic rings. The van der Waals surface area contributed by atoms with Crippen molar-refractivity contribution in [3.63, 3.8) is 0 Å². The summed E-state index contributed by atoms with van der Waals surface area (Å²) in [6.45, 7) is 0. The van der Waals surface area contributed by atoms with E-state index in [-0.39, 0.29) is 11.9 Å². The number of carbonyl (C=O) groups is 1. The van der Waals surface area contributed by atoms with Gasteiger partial charge in [-0.05, 0) is 53.7 Å². The molecule has 0 bridgehead atoms. The first kappa shape index (κ1) is 14.3. The summed E-state index contributed by atoms with van der Waals surface area (Å²) < 4.78 is 5.80. The smallest absolute Gasteiger partial charge is 0.308 e. The fourth-order valence-electron chi connectivity index (χ4n) is 2.63. The fourth-order valence-corrected chi connectivity index (χ4v) is 2.86. The lowest BCUT2D eigenvalue weighted by Gasteiger charge is -2.34. The number of pyridine rings is 1. The largest absolute Gasteiger partial charge is 0.469 e. The molecule has 5 heteroatoms. The van der Waals surface area contributed by atoms with Gasteiger partial charge in [-0.15, -0.1) is 0 Å². The SMILES string of the molecule is COC(=O)[C@H]1CC[C@H](N(C)c2ccc(Br)cn2)CC1. The van der Waals surface area contributed by atoms with Gasteiger partial charge in [0.05, 0.1) is 13.0 Å². The van der Waals surface area contributed by atoms with Crippen LogP contribution in [0.5, 0.6) is 0 Å². The van der Waals surface area contributed by atoms with E-state index in [4.69, 9.17) is 4.74 Å². The molecule has 0 radical (unpaired) electrons. The Morgan fingerprint density at radius 2 is 2.05 bits per heavy atom. The average Bonchev–Trinajstić information content (AvgIpc) is 2.46. The molecule has 0 N–H and O–H groups in total. The summed E-state index contributed by atoms with van der Waals surface area (Å²) in [5.74, 6) is 0.986. The molecule has 1 aliphatic carbocycles. The highest BCUT2D eigenvalue weighted by Crippen LogP contribution is 2.29. The van der Waals surface area contributed by atoms with Crippen molar-refractivity contribution in [2.24, 2.45) is 5.92 Å². The normalized spacial score (nSPS) is 22.9. The van der Waals surface area contributed by atoms with Gasteiger partial charge in [-0.1, -0.05) is 0 Å². The van der Waals surface area contributed by atoms with E-state index in [0.29, 0.717) is 6.04 Å². The third-order valence-corrected chi connectivity index (χ3v) is 4.32. The Morgan fingerprint density at radius 3 is 2.58 bits per heavy atom. The number of halogens is 1. The van der Waals surface area contributed by atoms with Crippen LogP contribution in [0.2, 0.25) is 0 Å². The van der Waals surface area contributed by atoms with Gasteiger partial charge < -0.3 is 9.64 Å². The van der Waals surface area contributed by atoms with Crippen LogP contribution in [0.3, 0.4) is 0 Å². The maximum atomic E-state index is 11.5. The molecular weight excluding hydrogens is 308 g/mol. The minimum atomic E-state index is -0.0668. The van der Waals surface area contributed by atoms with Crippen LogP contribution in [0.4, 0.5) is 5.82 Å². The van der Waals surface area contributed by atoms with E-state index < -0.39 is 0 Å². The molecule has 4 nitrogen and oxygen atoms in total. The molecule has 0 saturated heterocycles. The maximum absolute atomic E-state index is 11.5. The Hall–Kier alpha value is -1.10. The second-order valence-corrected chi connectivity index (χ2v) is 5.89. The Bertz CT molecular complexity index is 428. The molecule has 0 spiro atoms. The zero-order chi connectivity index (χ0) is 13.8. The standard InChI is InChI=1S/C14H19BrN2O2/c1-17(13-8-5-11(15)9-16-13)12-6-3-10(4-7-12)14(18)19-2/h5,8-10,12H,3-4,6-7H2,1-2H3/t10-,12-. The van der Waals surface area contributed by atoms with E-state index in [1.807, 2.05) is 18.3 Å². The number of carbonyl (C=O) groups excluding carboxylic acids is 1. The van der Waals surface area contributed by atoms with Crippen molar-refractivity contribution < 1.29 is 9.53 Å². The van der Waals surface area contributed by atoms with E-state index in [2.05, 4.69) is 32.9 Å². The van der Waals surface area contributed by atoms with Crippen LogP contribution in [0, 0.1) is 5.92 Å². The molecule has 0 aromatic carbocycles. The summed E-state index contributed by atoms with van der Waals surface area (Å²) in [4.78, 5) is 18.1. The molecule has 1 aromatic heterocycles. The van der Waals surface area contributed by atoms with E-state index >= 15 is 0 Å². The zero-order valence-corrected chi connectivity index (χ0v) is 12.9. The molecular formula is C14H19BrN2O2. The highest BCUT2D eigenvalue weighted by molar-refractivity contribution is 9.10. The molecule has 1 saturated carbocycles. The molecule has 0 atom stereocenters. The van der Waals surface area contributed by atoms with Crippen LogP contribution < -0.4 is 4.90 Å². The quantitative estimate of drug-likeness (QED) is 0.801. The summed E-state index contributed by atoms with van der Waals surface area (Å²) in [6, 6.07) is 4.46. The first-order chi connectivity index (χ1) is 9.11. The average molecular weight is 327 g/mol. The number of aromatic nitrogens is 1. The van der Waals surface area contributed by atoms with Crippen LogP contribution >= 0.6 is 15.9 Å². The number of esters is 1. The van der Waals surface area contributed by atoms with Crippen LogP contribution in [0.1, 0.15) is 25.7 Å². The van der Waals surface area contributed by atoms with Gasteiger partial charge >= 0.3 is 5.97 Å². The minimum absolute atomic E-state index is 0.0668. The summed E-state index contributed by atoms with van der Waals surface area (Å²) in [5, 5.41) is 0. The van der Waals surface area contributed by atoms with Gasteiger partial charge in [0.2, 0.25) is 0 Å². The third kappa shape index (κ3) is 3.47. The molecule has 1 fully saturated rings. The Morgan fingerprint density at radius 1 is 1.37 bits per heavy atom. The van der Waals surface area contributed by atoms with E-state index in [1.54, 1.807) is 0 Å². The number of methoxy groups -OCH3 is 1. The predicted molar refractivity (Wildman–Crippen MR) is 78.1 cm³/mol. The Labute approximate surface area is 122 Å². The molecule has 1 heterocycles. The highest BCUT2D eigenvalue weighted by Gasteiger charge is 2.29. The van der Waals surface area contributed by atoms with Gasteiger partial charge in [-0.3, -0.25) is 4.79 Å². The van der Waals surface area contributed by atoms with Gasteiger partial charge in [-0.25, -0.2) is 4.98 Å². The second kappa shape index (κ2) is 6.37. The zero-order valence-electron chi connectivity index (χ0n) is 11.3. The Balaban J connectivity index is 1.94. The summed E-state index contributed by atoms with van der Waals surface area (Å²) in [6.07, 6.45) is 5.63. The van der Waals surface area contributed by atoms with Crippen molar-refractivity contribution in [1.29, 1.82) is 0 Å². The summed E-state index contributed by atoms with van der Waals surface area (Å²) >= 11 is 3.39. The summed E-state index contributed by atoms with van der Waals surface area (Å²) in [5.41, 5.74) is 0. The number of rotatable bonds is 3. The van der Waals surface area contributed by atoms with E-state index in [0.717, 1.165) is 36.0 Å². The molecule has 104 valence electrons. The molecule has 0 aliphatic heterocycles. The molecule has 1 aliphatic rings. The van der Waals surface area contributed by atoms with Crippen LogP contribution in [0.25, 0.3) is 0 Å². The number of hydrogen-bond acceptors (Lipinski definition) is 4. The van der Waals surface area contributed by atoms with Gasteiger partial charge in [0.25, 0.3) is 0 Å². The lowest BCUT2D eigenvalue weighted by atomic mass is 9.85. The first-order valence-corrected chi connectivity index (χ1v) is 7.33. The van der Waals surface area contributed by atoms with Gasteiger partial charge in [0.15, 0.2) is 0 Å². The van der Waals surface area contributed by atoms with Crippen molar-refractivity contribution in [2.45, 2.75) is 31.7 Å². The van der Waals surface area contributed by atoms with Crippen LogP contribution in [-0.2, 0) is 9.53 Å². The van der Waals surface area contributed by atoms with Crippen molar-refractivity contribution >= 4 is 27.7 Å². The maximum Gasteiger partial charge on any atom is 0.308 e. The van der Waals surface area contributed by atoms with Crippen molar-refractivity contribution in [3.8, 4) is 0 Å². The topological polar surface area (TPSA) is 42.4 Å². The van der Waals surface area contributed by atoms with Gasteiger partial charge in [-0.2, -0.15) is 0 Å². The van der Waals surface area contributed by atoms with Gasteiger partial charge in [0, 0.05) is 23.8 Å². The lowest BCUT2D eigenvalue weighted by molar-refractivity contribution is -0.146. The highest BCUT2D eigenvalue weighted by atomic mass is 79.9. The monoisotopic (exact) mass is 326 g/mol. The van der Waals surface area contributed by atoms with Gasteiger partial charge in [0.1, 0.15) is 5.82 Å². The number of nitrogens with zero attached hydrogens (tertiary/aromatic N) is 2. The number of anilines is 1. The molecule has 19 heavy (non-hydrogen) atoms. The molecule has 0 unspecified atom stereocenters. The second-order valence-electron chi connectivity index (χ2n) is 4.97. The van der Waals surface area contributed by atoms with Crippen LogP contribution in [0.15, 0.2) is 22.8 Å². The third-order valence-electron chi connectivity index (χ3n) is 3.85. The minimum Gasteiger partial charge on any atom is -0.469 e.